The van der Waals surface area contributed by atoms with E-state index in [0.717, 1.165) is 25.5 Å². The summed E-state index contributed by atoms with van der Waals surface area (Å²) in [5.74, 6) is 0.962. The molecule has 0 heterocycles. The average Bonchev–Trinajstić information content (AvgIpc) is 3.07. The molecule has 1 unspecified atom stereocenters. The second-order valence-electron chi connectivity index (χ2n) is 4.98. The van der Waals surface area contributed by atoms with Crippen LogP contribution in [0.4, 0.5) is 0 Å². The van der Waals surface area contributed by atoms with E-state index in [2.05, 4.69) is 11.8 Å². The largest absolute Gasteiger partial charge is 0.383 e. The van der Waals surface area contributed by atoms with Gasteiger partial charge in [0.1, 0.15) is 0 Å². The first kappa shape index (κ1) is 13.9. The van der Waals surface area contributed by atoms with Crippen LogP contribution >= 0.6 is 0 Å². The van der Waals surface area contributed by atoms with Gasteiger partial charge in [-0.3, -0.25) is 4.90 Å². The number of hydrogen-bond donors (Lipinski definition) is 1. The first-order chi connectivity index (χ1) is 7.81. The van der Waals surface area contributed by atoms with E-state index in [9.17, 15) is 0 Å². The minimum absolute atomic E-state index is 0.578. The van der Waals surface area contributed by atoms with Gasteiger partial charge in [0, 0.05) is 19.7 Å². The molecular weight excluding hydrogens is 200 g/mol. The highest BCUT2D eigenvalue weighted by molar-refractivity contribution is 4.81. The number of nitrogens with two attached hydrogens (primary N) is 1. The van der Waals surface area contributed by atoms with Gasteiger partial charge in [-0.25, -0.2) is 0 Å². The van der Waals surface area contributed by atoms with E-state index in [4.69, 9.17) is 10.5 Å². The molecule has 0 aromatic carbocycles. The molecule has 0 amide bonds. The summed E-state index contributed by atoms with van der Waals surface area (Å²) >= 11 is 0. The number of rotatable bonds is 10. The lowest BCUT2D eigenvalue weighted by Gasteiger charge is -2.31. The highest BCUT2D eigenvalue weighted by atomic mass is 16.5. The Morgan fingerprint density at radius 3 is 2.69 bits per heavy atom. The Balaban J connectivity index is 2.38. The Morgan fingerprint density at radius 1 is 1.44 bits per heavy atom. The molecular formula is C13H28N2O. The van der Waals surface area contributed by atoms with Crippen LogP contribution in [-0.4, -0.2) is 44.3 Å². The molecule has 1 rings (SSSR count). The maximum atomic E-state index is 5.60. The molecule has 16 heavy (non-hydrogen) atoms. The van der Waals surface area contributed by atoms with E-state index in [1.165, 1.54) is 38.8 Å². The zero-order chi connectivity index (χ0) is 11.8. The maximum Gasteiger partial charge on any atom is 0.0618 e. The monoisotopic (exact) mass is 228 g/mol. The molecule has 0 aromatic rings. The molecule has 1 atom stereocenters. The van der Waals surface area contributed by atoms with Crippen LogP contribution in [-0.2, 0) is 4.74 Å². The number of methoxy groups -OCH3 is 1. The standard InChI is InChI=1S/C13H28N2O/c1-3-9-15(10-12-6-7-12)13(11-16-2)5-4-8-14/h12-13H,3-11,14H2,1-2H3. The number of nitrogens with zero attached hydrogens (tertiary/aromatic N) is 1. The molecule has 0 spiro atoms. The first-order valence-corrected chi connectivity index (χ1v) is 6.74. The van der Waals surface area contributed by atoms with Crippen LogP contribution in [0, 0.1) is 5.92 Å². The van der Waals surface area contributed by atoms with Gasteiger partial charge >= 0.3 is 0 Å². The Kier molecular flexibility index (Phi) is 7.01. The van der Waals surface area contributed by atoms with Gasteiger partial charge in [-0.05, 0) is 51.1 Å². The third kappa shape index (κ3) is 5.28. The molecule has 1 aliphatic carbocycles. The van der Waals surface area contributed by atoms with Crippen LogP contribution < -0.4 is 5.73 Å². The summed E-state index contributed by atoms with van der Waals surface area (Å²) in [6.45, 7) is 6.38. The van der Waals surface area contributed by atoms with E-state index < -0.39 is 0 Å². The van der Waals surface area contributed by atoms with Crippen LogP contribution in [0.1, 0.15) is 39.0 Å². The van der Waals surface area contributed by atoms with Crippen molar-refractivity contribution in [3.8, 4) is 0 Å². The van der Waals surface area contributed by atoms with Gasteiger partial charge in [0.25, 0.3) is 0 Å². The third-order valence-electron chi connectivity index (χ3n) is 3.32. The lowest BCUT2D eigenvalue weighted by Crippen LogP contribution is -2.40. The fraction of sp³-hybridized carbons (Fsp3) is 1.00. The van der Waals surface area contributed by atoms with Crippen molar-refractivity contribution in [1.82, 2.24) is 4.90 Å². The van der Waals surface area contributed by atoms with Crippen molar-refractivity contribution < 1.29 is 4.74 Å². The molecule has 1 fully saturated rings. The molecule has 3 nitrogen and oxygen atoms in total. The van der Waals surface area contributed by atoms with Gasteiger partial charge in [-0.15, -0.1) is 0 Å². The van der Waals surface area contributed by atoms with Crippen LogP contribution in [0.15, 0.2) is 0 Å². The Morgan fingerprint density at radius 2 is 2.19 bits per heavy atom. The van der Waals surface area contributed by atoms with E-state index in [0.29, 0.717) is 6.04 Å². The molecule has 1 aliphatic rings. The Labute approximate surface area is 100 Å². The normalized spacial score (nSPS) is 18.0. The third-order valence-corrected chi connectivity index (χ3v) is 3.32. The fourth-order valence-electron chi connectivity index (χ4n) is 2.26. The van der Waals surface area contributed by atoms with Gasteiger partial charge in [0.15, 0.2) is 0 Å². The minimum Gasteiger partial charge on any atom is -0.383 e. The quantitative estimate of drug-likeness (QED) is 0.620. The van der Waals surface area contributed by atoms with Crippen molar-refractivity contribution >= 4 is 0 Å². The Hall–Kier alpha value is -0.120. The van der Waals surface area contributed by atoms with Gasteiger partial charge in [0.05, 0.1) is 6.61 Å². The number of hydrogen-bond acceptors (Lipinski definition) is 3. The van der Waals surface area contributed by atoms with E-state index >= 15 is 0 Å². The lowest BCUT2D eigenvalue weighted by molar-refractivity contribution is 0.0806. The average molecular weight is 228 g/mol. The summed E-state index contributed by atoms with van der Waals surface area (Å²) in [6, 6.07) is 0.578. The maximum absolute atomic E-state index is 5.60. The summed E-state index contributed by atoms with van der Waals surface area (Å²) in [6.07, 6.45) is 6.37. The van der Waals surface area contributed by atoms with Crippen LogP contribution in [0.25, 0.3) is 0 Å². The lowest BCUT2D eigenvalue weighted by atomic mass is 10.1. The zero-order valence-electron chi connectivity index (χ0n) is 11.0. The molecule has 0 aliphatic heterocycles. The second kappa shape index (κ2) is 8.04. The topological polar surface area (TPSA) is 38.5 Å². The van der Waals surface area contributed by atoms with Crippen LogP contribution in [0.5, 0.6) is 0 Å². The van der Waals surface area contributed by atoms with E-state index in [1.807, 2.05) is 0 Å². The molecule has 96 valence electrons. The van der Waals surface area contributed by atoms with Gasteiger partial charge in [-0.1, -0.05) is 6.92 Å². The SMILES string of the molecule is CCCN(CC1CC1)C(CCCN)COC. The van der Waals surface area contributed by atoms with Crippen LogP contribution in [0.3, 0.4) is 0 Å². The van der Waals surface area contributed by atoms with E-state index in [-0.39, 0.29) is 0 Å². The summed E-state index contributed by atoms with van der Waals surface area (Å²) in [7, 11) is 1.80. The van der Waals surface area contributed by atoms with Crippen molar-refractivity contribution in [1.29, 1.82) is 0 Å². The van der Waals surface area contributed by atoms with Gasteiger partial charge < -0.3 is 10.5 Å². The smallest absolute Gasteiger partial charge is 0.0618 e. The zero-order valence-corrected chi connectivity index (χ0v) is 11.0. The highest BCUT2D eigenvalue weighted by Gasteiger charge is 2.27. The fourth-order valence-corrected chi connectivity index (χ4v) is 2.26. The molecule has 0 bridgehead atoms. The van der Waals surface area contributed by atoms with Crippen molar-refractivity contribution in [2.24, 2.45) is 11.7 Å². The molecule has 0 aromatic heterocycles. The highest BCUT2D eigenvalue weighted by Crippen LogP contribution is 2.30. The number of ether oxygens (including phenoxy) is 1. The predicted molar refractivity (Wildman–Crippen MR) is 68.5 cm³/mol. The van der Waals surface area contributed by atoms with Crippen molar-refractivity contribution in [3.05, 3.63) is 0 Å². The van der Waals surface area contributed by atoms with E-state index in [1.54, 1.807) is 7.11 Å². The first-order valence-electron chi connectivity index (χ1n) is 6.74. The minimum atomic E-state index is 0.578. The van der Waals surface area contributed by atoms with Crippen molar-refractivity contribution in [3.63, 3.8) is 0 Å². The molecule has 1 saturated carbocycles. The predicted octanol–water partition coefficient (Wildman–Crippen LogP) is 1.86. The summed E-state index contributed by atoms with van der Waals surface area (Å²) in [4.78, 5) is 2.62. The molecule has 0 saturated heterocycles. The van der Waals surface area contributed by atoms with Gasteiger partial charge in [0.2, 0.25) is 0 Å². The molecule has 0 radical (unpaired) electrons. The van der Waals surface area contributed by atoms with Crippen molar-refractivity contribution in [2.75, 3.05) is 33.4 Å². The van der Waals surface area contributed by atoms with Crippen LogP contribution in [0.2, 0.25) is 0 Å². The Bertz CT molecular complexity index is 171. The molecule has 3 heteroatoms. The van der Waals surface area contributed by atoms with Gasteiger partial charge in [-0.2, -0.15) is 0 Å². The second-order valence-corrected chi connectivity index (χ2v) is 4.98. The van der Waals surface area contributed by atoms with Crippen molar-refractivity contribution in [2.45, 2.75) is 45.1 Å². The molecule has 2 N–H and O–H groups in total. The summed E-state index contributed by atoms with van der Waals surface area (Å²) in [5, 5.41) is 0. The summed E-state index contributed by atoms with van der Waals surface area (Å²) < 4.78 is 5.35. The summed E-state index contributed by atoms with van der Waals surface area (Å²) in [5.41, 5.74) is 5.60.